The van der Waals surface area contributed by atoms with E-state index in [1.165, 1.54) is 37.7 Å². The second kappa shape index (κ2) is 5.21. The molecular formula is C18H22N2O. The first-order valence-electron chi connectivity index (χ1n) is 8.13. The average Bonchev–Trinajstić information content (AvgIpc) is 3.13. The first-order valence-corrected chi connectivity index (χ1v) is 8.13. The monoisotopic (exact) mass is 282 g/mol. The third kappa shape index (κ3) is 2.25. The molecule has 1 aromatic heterocycles. The summed E-state index contributed by atoms with van der Waals surface area (Å²) >= 11 is 0. The lowest BCUT2D eigenvalue weighted by Crippen LogP contribution is -2.07. The third-order valence-electron chi connectivity index (χ3n) is 5.28. The molecule has 1 aromatic carbocycles. The summed E-state index contributed by atoms with van der Waals surface area (Å²) in [6, 6.07) is 6.86. The van der Waals surface area contributed by atoms with Crippen LogP contribution in [0.15, 0.2) is 29.0 Å². The van der Waals surface area contributed by atoms with Gasteiger partial charge < -0.3 is 10.3 Å². The van der Waals surface area contributed by atoms with Gasteiger partial charge in [-0.2, -0.15) is 0 Å². The molecule has 4 rings (SSSR count). The maximum absolute atomic E-state index is 5.98. The van der Waals surface area contributed by atoms with E-state index < -0.39 is 0 Å². The number of hydrogen-bond acceptors (Lipinski definition) is 3. The van der Waals surface area contributed by atoms with Gasteiger partial charge in [0.15, 0.2) is 0 Å². The maximum atomic E-state index is 5.98. The number of aromatic nitrogens is 1. The number of nitrogens with zero attached hydrogens (tertiary/aromatic N) is 1. The molecule has 110 valence electrons. The molecule has 2 aromatic rings. The van der Waals surface area contributed by atoms with Crippen molar-refractivity contribution in [2.45, 2.75) is 56.8 Å². The quantitative estimate of drug-likeness (QED) is 0.898. The zero-order valence-corrected chi connectivity index (χ0v) is 12.3. The maximum Gasteiger partial charge on any atom is 0.147 e. The average molecular weight is 282 g/mol. The molecule has 3 heteroatoms. The van der Waals surface area contributed by atoms with Crippen LogP contribution < -0.4 is 5.73 Å². The van der Waals surface area contributed by atoms with Crippen LogP contribution in [0.5, 0.6) is 0 Å². The van der Waals surface area contributed by atoms with Crippen LogP contribution in [0.25, 0.3) is 0 Å². The number of anilines is 1. The number of nitrogens with two attached hydrogens (primary N) is 1. The zero-order chi connectivity index (χ0) is 14.2. The molecule has 21 heavy (non-hydrogen) atoms. The molecule has 2 N–H and O–H groups in total. The fourth-order valence-electron chi connectivity index (χ4n) is 4.23. The van der Waals surface area contributed by atoms with Gasteiger partial charge in [-0.05, 0) is 48.3 Å². The summed E-state index contributed by atoms with van der Waals surface area (Å²) in [6.07, 6.45) is 10.6. The van der Waals surface area contributed by atoms with Gasteiger partial charge in [-0.15, -0.1) is 0 Å². The molecule has 1 unspecified atom stereocenters. The highest BCUT2D eigenvalue weighted by Gasteiger charge is 2.30. The second-order valence-corrected chi connectivity index (χ2v) is 6.58. The standard InChI is InChI=1S/C18H22N2O/c19-17-11-21-20-18(17)14-9-13-7-4-8-15(16(13)10-14)12-5-2-1-3-6-12/h4,7-8,11-12,14H,1-3,5-6,9-10,19H2. The first-order chi connectivity index (χ1) is 10.3. The molecule has 1 atom stereocenters. The molecule has 0 spiro atoms. The highest BCUT2D eigenvalue weighted by molar-refractivity contribution is 5.48. The SMILES string of the molecule is Nc1conc1C1Cc2cccc(C3CCCCC3)c2C1. The number of hydrogen-bond donors (Lipinski definition) is 1. The molecule has 3 nitrogen and oxygen atoms in total. The van der Waals surface area contributed by atoms with Gasteiger partial charge in [0, 0.05) is 5.92 Å². The Labute approximate surface area is 125 Å². The summed E-state index contributed by atoms with van der Waals surface area (Å²) < 4.78 is 5.03. The van der Waals surface area contributed by atoms with E-state index >= 15 is 0 Å². The van der Waals surface area contributed by atoms with Crippen molar-refractivity contribution >= 4 is 5.69 Å². The van der Waals surface area contributed by atoms with Gasteiger partial charge in [0.2, 0.25) is 0 Å². The summed E-state index contributed by atoms with van der Waals surface area (Å²) in [5.41, 5.74) is 12.3. The second-order valence-electron chi connectivity index (χ2n) is 6.58. The molecule has 0 radical (unpaired) electrons. The van der Waals surface area contributed by atoms with E-state index in [0.717, 1.165) is 24.5 Å². The Hall–Kier alpha value is -1.77. The van der Waals surface area contributed by atoms with E-state index in [1.54, 1.807) is 17.4 Å². The fraction of sp³-hybridized carbons (Fsp3) is 0.500. The minimum Gasteiger partial charge on any atom is -0.395 e. The summed E-state index contributed by atoms with van der Waals surface area (Å²) in [5.74, 6) is 1.16. The Balaban J connectivity index is 1.65. The van der Waals surface area contributed by atoms with Crippen molar-refractivity contribution < 1.29 is 4.52 Å². The lowest BCUT2D eigenvalue weighted by molar-refractivity contribution is 0.405. The van der Waals surface area contributed by atoms with Crippen LogP contribution in [0.2, 0.25) is 0 Å². The fourth-order valence-corrected chi connectivity index (χ4v) is 4.23. The molecule has 1 fully saturated rings. The van der Waals surface area contributed by atoms with Crippen molar-refractivity contribution in [2.24, 2.45) is 0 Å². The normalized spacial score (nSPS) is 22.4. The van der Waals surface area contributed by atoms with Crippen molar-refractivity contribution in [1.29, 1.82) is 0 Å². The van der Waals surface area contributed by atoms with Crippen molar-refractivity contribution in [2.75, 3.05) is 5.73 Å². The predicted molar refractivity (Wildman–Crippen MR) is 83.3 cm³/mol. The van der Waals surface area contributed by atoms with Gasteiger partial charge in [-0.25, -0.2) is 0 Å². The molecule has 1 heterocycles. The Morgan fingerprint density at radius 3 is 2.67 bits per heavy atom. The van der Waals surface area contributed by atoms with Crippen LogP contribution in [0.3, 0.4) is 0 Å². The molecule has 0 amide bonds. The van der Waals surface area contributed by atoms with E-state index in [-0.39, 0.29) is 0 Å². The van der Waals surface area contributed by atoms with Gasteiger partial charge in [-0.1, -0.05) is 42.6 Å². The Morgan fingerprint density at radius 1 is 1.05 bits per heavy atom. The van der Waals surface area contributed by atoms with Crippen LogP contribution >= 0.6 is 0 Å². The number of benzene rings is 1. The van der Waals surface area contributed by atoms with Crippen molar-refractivity contribution in [3.63, 3.8) is 0 Å². The number of fused-ring (bicyclic) bond motifs is 1. The van der Waals surface area contributed by atoms with E-state index in [0.29, 0.717) is 11.6 Å². The lowest BCUT2D eigenvalue weighted by Gasteiger charge is -2.24. The molecule has 2 aliphatic rings. The van der Waals surface area contributed by atoms with E-state index in [9.17, 15) is 0 Å². The molecule has 0 aliphatic heterocycles. The number of rotatable bonds is 2. The van der Waals surface area contributed by atoms with Gasteiger partial charge in [0.05, 0.1) is 5.69 Å². The third-order valence-corrected chi connectivity index (χ3v) is 5.28. The van der Waals surface area contributed by atoms with Gasteiger partial charge in [0.1, 0.15) is 12.0 Å². The molecule has 0 bridgehead atoms. The van der Waals surface area contributed by atoms with Crippen molar-refractivity contribution in [3.05, 3.63) is 46.8 Å². The summed E-state index contributed by atoms with van der Waals surface area (Å²) in [6.45, 7) is 0. The van der Waals surface area contributed by atoms with Gasteiger partial charge >= 0.3 is 0 Å². The van der Waals surface area contributed by atoms with Crippen molar-refractivity contribution in [3.8, 4) is 0 Å². The minimum atomic E-state index is 0.392. The number of nitrogen functional groups attached to an aromatic ring is 1. The lowest BCUT2D eigenvalue weighted by atomic mass is 9.81. The van der Waals surface area contributed by atoms with Crippen LogP contribution in [0, 0.1) is 0 Å². The summed E-state index contributed by atoms with van der Waals surface area (Å²) in [7, 11) is 0. The summed E-state index contributed by atoms with van der Waals surface area (Å²) in [4.78, 5) is 0. The Bertz CT molecular complexity index is 640. The largest absolute Gasteiger partial charge is 0.395 e. The van der Waals surface area contributed by atoms with Gasteiger partial charge in [-0.3, -0.25) is 0 Å². The minimum absolute atomic E-state index is 0.392. The van der Waals surface area contributed by atoms with Crippen LogP contribution in [-0.4, -0.2) is 5.16 Å². The molecular weight excluding hydrogens is 260 g/mol. The zero-order valence-electron chi connectivity index (χ0n) is 12.3. The topological polar surface area (TPSA) is 52.0 Å². The van der Waals surface area contributed by atoms with E-state index in [1.807, 2.05) is 0 Å². The molecule has 2 aliphatic carbocycles. The smallest absolute Gasteiger partial charge is 0.147 e. The Morgan fingerprint density at radius 2 is 1.90 bits per heavy atom. The first kappa shape index (κ1) is 12.9. The van der Waals surface area contributed by atoms with Crippen LogP contribution in [-0.2, 0) is 12.8 Å². The predicted octanol–water partition coefficient (Wildman–Crippen LogP) is 4.19. The summed E-state index contributed by atoms with van der Waals surface area (Å²) in [5, 5.41) is 4.12. The van der Waals surface area contributed by atoms with Crippen molar-refractivity contribution in [1.82, 2.24) is 5.16 Å². The highest BCUT2D eigenvalue weighted by atomic mass is 16.5. The van der Waals surface area contributed by atoms with Crippen LogP contribution in [0.1, 0.15) is 66.3 Å². The molecule has 1 saturated carbocycles. The van der Waals surface area contributed by atoms with Gasteiger partial charge in [0.25, 0.3) is 0 Å². The van der Waals surface area contributed by atoms with E-state index in [2.05, 4.69) is 23.4 Å². The van der Waals surface area contributed by atoms with Crippen LogP contribution in [0.4, 0.5) is 5.69 Å². The Kier molecular flexibility index (Phi) is 3.21. The van der Waals surface area contributed by atoms with E-state index in [4.69, 9.17) is 10.3 Å². The molecule has 0 saturated heterocycles. The highest BCUT2D eigenvalue weighted by Crippen LogP contribution is 2.42.